The lowest BCUT2D eigenvalue weighted by Crippen LogP contribution is -2.00. The van der Waals surface area contributed by atoms with Crippen molar-refractivity contribution in [3.63, 3.8) is 0 Å². The standard InChI is InChI=1S/C7H7BrF2N2/c1-3-5(7(9)10)4(11)2-12-6(3)8/h2,7H,11H2,1H3. The van der Waals surface area contributed by atoms with E-state index in [1.807, 2.05) is 0 Å². The molecule has 0 saturated heterocycles. The second-order valence-corrected chi connectivity index (χ2v) is 3.09. The molecule has 0 atom stereocenters. The van der Waals surface area contributed by atoms with E-state index in [4.69, 9.17) is 5.73 Å². The molecule has 66 valence electrons. The Balaban J connectivity index is 3.33. The zero-order chi connectivity index (χ0) is 9.30. The smallest absolute Gasteiger partial charge is 0.266 e. The van der Waals surface area contributed by atoms with Crippen LogP contribution in [0.4, 0.5) is 14.5 Å². The predicted octanol–water partition coefficient (Wildman–Crippen LogP) is 2.67. The number of alkyl halides is 2. The van der Waals surface area contributed by atoms with Crippen molar-refractivity contribution in [3.8, 4) is 0 Å². The minimum Gasteiger partial charge on any atom is -0.397 e. The van der Waals surface area contributed by atoms with Gasteiger partial charge in [0.05, 0.1) is 11.9 Å². The van der Waals surface area contributed by atoms with E-state index in [0.29, 0.717) is 10.2 Å². The van der Waals surface area contributed by atoms with Crippen LogP contribution in [0.15, 0.2) is 10.8 Å². The van der Waals surface area contributed by atoms with Crippen LogP contribution in [0.25, 0.3) is 0 Å². The first kappa shape index (κ1) is 9.38. The van der Waals surface area contributed by atoms with Crippen molar-refractivity contribution in [1.29, 1.82) is 0 Å². The van der Waals surface area contributed by atoms with Crippen molar-refractivity contribution in [2.45, 2.75) is 13.3 Å². The lowest BCUT2D eigenvalue weighted by atomic mass is 10.1. The third-order valence-electron chi connectivity index (χ3n) is 1.56. The Kier molecular flexibility index (Phi) is 2.62. The Morgan fingerprint density at radius 1 is 1.58 bits per heavy atom. The van der Waals surface area contributed by atoms with Gasteiger partial charge < -0.3 is 5.73 Å². The van der Waals surface area contributed by atoms with Gasteiger partial charge in [-0.05, 0) is 28.4 Å². The quantitative estimate of drug-likeness (QED) is 0.762. The highest BCUT2D eigenvalue weighted by Crippen LogP contribution is 2.30. The number of hydrogen-bond donors (Lipinski definition) is 1. The molecule has 0 aliphatic carbocycles. The minimum absolute atomic E-state index is 0.0331. The molecule has 0 saturated carbocycles. The van der Waals surface area contributed by atoms with Crippen LogP contribution in [0.5, 0.6) is 0 Å². The molecule has 1 aromatic rings. The van der Waals surface area contributed by atoms with E-state index in [1.165, 1.54) is 6.20 Å². The summed E-state index contributed by atoms with van der Waals surface area (Å²) in [6.07, 6.45) is -1.33. The molecule has 0 fully saturated rings. The maximum Gasteiger partial charge on any atom is 0.266 e. The molecule has 1 rings (SSSR count). The summed E-state index contributed by atoms with van der Waals surface area (Å²) < 4.78 is 25.1. The number of nitrogens with two attached hydrogens (primary N) is 1. The van der Waals surface area contributed by atoms with Crippen molar-refractivity contribution < 1.29 is 8.78 Å². The normalized spacial score (nSPS) is 10.8. The van der Waals surface area contributed by atoms with Gasteiger partial charge in [-0.3, -0.25) is 0 Å². The van der Waals surface area contributed by atoms with E-state index in [-0.39, 0.29) is 11.3 Å². The number of aromatic nitrogens is 1. The molecule has 0 bridgehead atoms. The van der Waals surface area contributed by atoms with E-state index >= 15 is 0 Å². The maximum absolute atomic E-state index is 12.3. The summed E-state index contributed by atoms with van der Waals surface area (Å²) in [6, 6.07) is 0. The molecule has 1 heterocycles. The molecule has 0 aromatic carbocycles. The van der Waals surface area contributed by atoms with E-state index in [9.17, 15) is 8.78 Å². The average molecular weight is 237 g/mol. The van der Waals surface area contributed by atoms with Crippen molar-refractivity contribution in [2.75, 3.05) is 5.73 Å². The second-order valence-electron chi connectivity index (χ2n) is 2.34. The summed E-state index contributed by atoms with van der Waals surface area (Å²) in [4.78, 5) is 3.78. The largest absolute Gasteiger partial charge is 0.397 e. The highest BCUT2D eigenvalue weighted by molar-refractivity contribution is 9.10. The number of anilines is 1. The predicted molar refractivity (Wildman–Crippen MR) is 46.0 cm³/mol. The van der Waals surface area contributed by atoms with Crippen LogP contribution in [0, 0.1) is 6.92 Å². The summed E-state index contributed by atoms with van der Waals surface area (Å²) in [6.45, 7) is 1.55. The zero-order valence-corrected chi connectivity index (χ0v) is 7.90. The molecule has 1 aromatic heterocycles. The molecule has 0 spiro atoms. The fourth-order valence-corrected chi connectivity index (χ4v) is 1.23. The van der Waals surface area contributed by atoms with Gasteiger partial charge in [0, 0.05) is 5.56 Å². The lowest BCUT2D eigenvalue weighted by molar-refractivity contribution is 0.151. The highest BCUT2D eigenvalue weighted by atomic mass is 79.9. The first-order valence-corrected chi connectivity index (χ1v) is 4.02. The van der Waals surface area contributed by atoms with Gasteiger partial charge >= 0.3 is 0 Å². The summed E-state index contributed by atoms with van der Waals surface area (Å²) >= 11 is 3.05. The fourth-order valence-electron chi connectivity index (χ4n) is 0.910. The third kappa shape index (κ3) is 1.55. The minimum atomic E-state index is -2.55. The number of nitrogens with zero attached hydrogens (tertiary/aromatic N) is 1. The zero-order valence-electron chi connectivity index (χ0n) is 6.31. The average Bonchev–Trinajstić information content (AvgIpc) is 1.97. The first-order valence-electron chi connectivity index (χ1n) is 3.22. The molecule has 2 nitrogen and oxygen atoms in total. The van der Waals surface area contributed by atoms with Gasteiger partial charge in [0.15, 0.2) is 0 Å². The Morgan fingerprint density at radius 2 is 2.17 bits per heavy atom. The van der Waals surface area contributed by atoms with E-state index in [2.05, 4.69) is 20.9 Å². The second kappa shape index (κ2) is 3.35. The highest BCUT2D eigenvalue weighted by Gasteiger charge is 2.16. The van der Waals surface area contributed by atoms with Gasteiger partial charge in [-0.25, -0.2) is 13.8 Å². The Labute approximate surface area is 76.9 Å². The Morgan fingerprint density at radius 3 is 2.58 bits per heavy atom. The van der Waals surface area contributed by atoms with E-state index in [0.717, 1.165) is 0 Å². The topological polar surface area (TPSA) is 38.9 Å². The molecule has 12 heavy (non-hydrogen) atoms. The molecular weight excluding hydrogens is 230 g/mol. The lowest BCUT2D eigenvalue weighted by Gasteiger charge is -2.08. The molecule has 0 unspecified atom stereocenters. The van der Waals surface area contributed by atoms with E-state index in [1.54, 1.807) is 6.92 Å². The number of hydrogen-bond acceptors (Lipinski definition) is 2. The van der Waals surface area contributed by atoms with Crippen molar-refractivity contribution >= 4 is 21.6 Å². The third-order valence-corrected chi connectivity index (χ3v) is 2.36. The summed E-state index contributed by atoms with van der Waals surface area (Å²) in [7, 11) is 0. The monoisotopic (exact) mass is 236 g/mol. The SMILES string of the molecule is Cc1c(Br)ncc(N)c1C(F)F. The molecule has 5 heteroatoms. The van der Waals surface area contributed by atoms with Crippen molar-refractivity contribution in [3.05, 3.63) is 21.9 Å². The van der Waals surface area contributed by atoms with Gasteiger partial charge in [-0.1, -0.05) is 0 Å². The van der Waals surface area contributed by atoms with Crippen LogP contribution in [0.1, 0.15) is 17.6 Å². The van der Waals surface area contributed by atoms with Crippen LogP contribution in [-0.2, 0) is 0 Å². The van der Waals surface area contributed by atoms with Crippen LogP contribution < -0.4 is 5.73 Å². The van der Waals surface area contributed by atoms with Gasteiger partial charge in [0.25, 0.3) is 6.43 Å². The van der Waals surface area contributed by atoms with Crippen LogP contribution in [0.3, 0.4) is 0 Å². The van der Waals surface area contributed by atoms with Crippen LogP contribution in [-0.4, -0.2) is 4.98 Å². The number of rotatable bonds is 1. The van der Waals surface area contributed by atoms with Crippen LogP contribution in [0.2, 0.25) is 0 Å². The number of pyridine rings is 1. The van der Waals surface area contributed by atoms with Crippen LogP contribution >= 0.6 is 15.9 Å². The number of nitrogen functional groups attached to an aromatic ring is 1. The maximum atomic E-state index is 12.3. The van der Waals surface area contributed by atoms with Gasteiger partial charge in [-0.15, -0.1) is 0 Å². The van der Waals surface area contributed by atoms with Gasteiger partial charge in [0.1, 0.15) is 4.60 Å². The molecule has 0 aliphatic heterocycles. The summed E-state index contributed by atoms with van der Waals surface area (Å²) in [5.41, 5.74) is 5.61. The van der Waals surface area contributed by atoms with Crippen molar-refractivity contribution in [2.24, 2.45) is 0 Å². The number of halogens is 3. The summed E-state index contributed by atoms with van der Waals surface area (Å²) in [5.74, 6) is 0. The van der Waals surface area contributed by atoms with Crippen molar-refractivity contribution in [1.82, 2.24) is 4.98 Å². The van der Waals surface area contributed by atoms with Gasteiger partial charge in [0.2, 0.25) is 0 Å². The van der Waals surface area contributed by atoms with E-state index < -0.39 is 6.43 Å². The Hall–Kier alpha value is -0.710. The Bertz CT molecular complexity index is 302. The molecule has 0 radical (unpaired) electrons. The van der Waals surface area contributed by atoms with Gasteiger partial charge in [-0.2, -0.15) is 0 Å². The fraction of sp³-hybridized carbons (Fsp3) is 0.286. The summed E-state index contributed by atoms with van der Waals surface area (Å²) in [5, 5.41) is 0. The first-order chi connectivity index (χ1) is 5.54. The molecule has 0 aliphatic rings. The molecular formula is C7H7BrF2N2. The molecule has 0 amide bonds. The molecule has 2 N–H and O–H groups in total.